The zero-order valence-electron chi connectivity index (χ0n) is 12.8. The highest BCUT2D eigenvalue weighted by molar-refractivity contribution is 5.95. The van der Waals surface area contributed by atoms with E-state index in [1.807, 2.05) is 0 Å². The number of hydrogen-bond acceptors (Lipinski definition) is 4. The van der Waals surface area contributed by atoms with Gasteiger partial charge in [0.1, 0.15) is 0 Å². The Labute approximate surface area is 139 Å². The van der Waals surface area contributed by atoms with Gasteiger partial charge in [0.2, 0.25) is 0 Å². The molecule has 0 spiro atoms. The molecule has 1 saturated carbocycles. The summed E-state index contributed by atoms with van der Waals surface area (Å²) in [5.41, 5.74) is 5.93. The SMILES string of the molecule is COc1ccc(C(=O)NC2CCCC2CN)cc1OC(F)F.Cl. The van der Waals surface area contributed by atoms with Crippen LogP contribution in [-0.2, 0) is 0 Å². The van der Waals surface area contributed by atoms with E-state index >= 15 is 0 Å². The van der Waals surface area contributed by atoms with Crippen LogP contribution in [0.15, 0.2) is 18.2 Å². The maximum Gasteiger partial charge on any atom is 0.387 e. The second kappa shape index (κ2) is 8.88. The zero-order chi connectivity index (χ0) is 16.1. The van der Waals surface area contributed by atoms with Crippen LogP contribution in [0, 0.1) is 5.92 Å². The van der Waals surface area contributed by atoms with Crippen LogP contribution in [-0.4, -0.2) is 32.2 Å². The number of amides is 1. The van der Waals surface area contributed by atoms with Crippen molar-refractivity contribution < 1.29 is 23.0 Å². The van der Waals surface area contributed by atoms with E-state index in [2.05, 4.69) is 10.1 Å². The molecular formula is C15H21ClF2N2O3. The Morgan fingerprint density at radius 3 is 2.74 bits per heavy atom. The highest BCUT2D eigenvalue weighted by atomic mass is 35.5. The van der Waals surface area contributed by atoms with Gasteiger partial charge in [-0.15, -0.1) is 12.4 Å². The number of ether oxygens (including phenoxy) is 2. The first kappa shape index (κ1) is 19.4. The maximum atomic E-state index is 12.4. The van der Waals surface area contributed by atoms with E-state index in [1.54, 1.807) is 0 Å². The van der Waals surface area contributed by atoms with Crippen LogP contribution in [0.5, 0.6) is 11.5 Å². The molecule has 5 nitrogen and oxygen atoms in total. The van der Waals surface area contributed by atoms with Gasteiger partial charge in [0.15, 0.2) is 11.5 Å². The van der Waals surface area contributed by atoms with Crippen molar-refractivity contribution in [3.8, 4) is 11.5 Å². The molecule has 23 heavy (non-hydrogen) atoms. The number of halogens is 3. The third kappa shape index (κ3) is 4.94. The third-order valence-corrected chi connectivity index (χ3v) is 3.92. The lowest BCUT2D eigenvalue weighted by molar-refractivity contribution is -0.0512. The highest BCUT2D eigenvalue weighted by Gasteiger charge is 2.27. The van der Waals surface area contributed by atoms with E-state index in [0.29, 0.717) is 6.54 Å². The van der Waals surface area contributed by atoms with Crippen molar-refractivity contribution in [2.45, 2.75) is 31.9 Å². The van der Waals surface area contributed by atoms with Gasteiger partial charge in [-0.05, 0) is 43.5 Å². The second-order valence-corrected chi connectivity index (χ2v) is 5.25. The monoisotopic (exact) mass is 350 g/mol. The molecule has 1 fully saturated rings. The fraction of sp³-hybridized carbons (Fsp3) is 0.533. The van der Waals surface area contributed by atoms with Gasteiger partial charge in [-0.3, -0.25) is 4.79 Å². The summed E-state index contributed by atoms with van der Waals surface area (Å²) in [5.74, 6) is -0.0735. The molecule has 2 atom stereocenters. The summed E-state index contributed by atoms with van der Waals surface area (Å²) >= 11 is 0. The largest absolute Gasteiger partial charge is 0.493 e. The van der Waals surface area contributed by atoms with Crippen molar-refractivity contribution in [2.24, 2.45) is 11.7 Å². The van der Waals surface area contributed by atoms with Crippen molar-refractivity contribution in [3.63, 3.8) is 0 Å². The fourth-order valence-corrected chi connectivity index (χ4v) is 2.77. The van der Waals surface area contributed by atoms with Crippen molar-refractivity contribution in [1.29, 1.82) is 0 Å². The number of alkyl halides is 2. The Kier molecular flexibility index (Phi) is 7.51. The first-order chi connectivity index (χ1) is 10.5. The lowest BCUT2D eigenvalue weighted by Gasteiger charge is -2.20. The Bertz CT molecular complexity index is 531. The predicted octanol–water partition coefficient (Wildman–Crippen LogP) is 2.58. The predicted molar refractivity (Wildman–Crippen MR) is 84.5 cm³/mol. The molecule has 0 saturated heterocycles. The first-order valence-electron chi connectivity index (χ1n) is 7.19. The maximum absolute atomic E-state index is 12.4. The standard InChI is InChI=1S/C15H20F2N2O3.ClH/c1-21-12-6-5-9(7-13(12)22-15(16)17)14(20)19-11-4-2-3-10(11)8-18;/h5-7,10-11,15H,2-4,8,18H2,1H3,(H,19,20);1H. The van der Waals surface area contributed by atoms with Gasteiger partial charge in [-0.25, -0.2) is 0 Å². The van der Waals surface area contributed by atoms with Gasteiger partial charge in [0.25, 0.3) is 5.91 Å². The summed E-state index contributed by atoms with van der Waals surface area (Å²) in [6, 6.07) is 4.23. The average molecular weight is 351 g/mol. The molecule has 2 unspecified atom stereocenters. The summed E-state index contributed by atoms with van der Waals surface area (Å²) in [5, 5.41) is 2.91. The third-order valence-electron chi connectivity index (χ3n) is 3.92. The lowest BCUT2D eigenvalue weighted by atomic mass is 10.0. The number of benzene rings is 1. The first-order valence-corrected chi connectivity index (χ1v) is 7.19. The van der Waals surface area contributed by atoms with E-state index in [4.69, 9.17) is 10.5 Å². The Morgan fingerprint density at radius 1 is 1.39 bits per heavy atom. The number of hydrogen-bond donors (Lipinski definition) is 2. The number of methoxy groups -OCH3 is 1. The van der Waals surface area contributed by atoms with Crippen molar-refractivity contribution in [3.05, 3.63) is 23.8 Å². The number of nitrogens with one attached hydrogen (secondary N) is 1. The van der Waals surface area contributed by atoms with Gasteiger partial charge in [-0.1, -0.05) is 6.42 Å². The molecule has 0 bridgehead atoms. The molecule has 1 aliphatic rings. The summed E-state index contributed by atoms with van der Waals surface area (Å²) in [7, 11) is 1.35. The minimum Gasteiger partial charge on any atom is -0.493 e. The lowest BCUT2D eigenvalue weighted by Crippen LogP contribution is -2.39. The molecule has 1 aromatic carbocycles. The highest BCUT2D eigenvalue weighted by Crippen LogP contribution is 2.30. The minimum atomic E-state index is -2.98. The van der Waals surface area contributed by atoms with Crippen LogP contribution in [0.2, 0.25) is 0 Å². The van der Waals surface area contributed by atoms with Crippen molar-refractivity contribution in [1.82, 2.24) is 5.32 Å². The van der Waals surface area contributed by atoms with Gasteiger partial charge in [0.05, 0.1) is 7.11 Å². The molecule has 0 aromatic heterocycles. The van der Waals surface area contributed by atoms with E-state index in [9.17, 15) is 13.6 Å². The molecule has 1 aromatic rings. The second-order valence-electron chi connectivity index (χ2n) is 5.25. The van der Waals surface area contributed by atoms with Gasteiger partial charge in [0, 0.05) is 11.6 Å². The van der Waals surface area contributed by atoms with Crippen molar-refractivity contribution in [2.75, 3.05) is 13.7 Å². The quantitative estimate of drug-likeness (QED) is 0.827. The van der Waals surface area contributed by atoms with Gasteiger partial charge < -0.3 is 20.5 Å². The number of nitrogens with two attached hydrogens (primary N) is 1. The molecule has 1 aliphatic carbocycles. The molecule has 8 heteroatoms. The molecular weight excluding hydrogens is 330 g/mol. The van der Waals surface area contributed by atoms with Crippen molar-refractivity contribution >= 4 is 18.3 Å². The molecule has 0 heterocycles. The minimum absolute atomic E-state index is 0. The Hall–Kier alpha value is -1.60. The van der Waals surface area contributed by atoms with Gasteiger partial charge >= 0.3 is 6.61 Å². The van der Waals surface area contributed by atoms with Crippen LogP contribution in [0.25, 0.3) is 0 Å². The van der Waals surface area contributed by atoms with E-state index in [1.165, 1.54) is 25.3 Å². The number of rotatable bonds is 6. The summed E-state index contributed by atoms with van der Waals surface area (Å²) in [4.78, 5) is 12.3. The Morgan fingerprint density at radius 2 is 2.13 bits per heavy atom. The fourth-order valence-electron chi connectivity index (χ4n) is 2.77. The number of carbonyl (C=O) groups is 1. The van der Waals surface area contributed by atoms with Gasteiger partial charge in [-0.2, -0.15) is 8.78 Å². The molecule has 0 aliphatic heterocycles. The van der Waals surface area contributed by atoms with Crippen LogP contribution < -0.4 is 20.5 Å². The molecule has 0 radical (unpaired) electrons. The molecule has 130 valence electrons. The molecule has 1 amide bonds. The summed E-state index contributed by atoms with van der Waals surface area (Å²) < 4.78 is 34.1. The van der Waals surface area contributed by atoms with E-state index < -0.39 is 6.61 Å². The van der Waals surface area contributed by atoms with Crippen LogP contribution in [0.3, 0.4) is 0 Å². The normalized spacial score (nSPS) is 20.0. The van der Waals surface area contributed by atoms with E-state index in [-0.39, 0.29) is 47.3 Å². The van der Waals surface area contributed by atoms with Crippen LogP contribution in [0.4, 0.5) is 8.78 Å². The van der Waals surface area contributed by atoms with Crippen LogP contribution in [0.1, 0.15) is 29.6 Å². The molecule has 3 N–H and O–H groups in total. The number of carbonyl (C=O) groups excluding carboxylic acids is 1. The van der Waals surface area contributed by atoms with Crippen LogP contribution >= 0.6 is 12.4 Å². The molecule has 2 rings (SSSR count). The smallest absolute Gasteiger partial charge is 0.387 e. The van der Waals surface area contributed by atoms with E-state index in [0.717, 1.165) is 19.3 Å². The summed E-state index contributed by atoms with van der Waals surface area (Å²) in [6.45, 7) is -2.46. The summed E-state index contributed by atoms with van der Waals surface area (Å²) in [6.07, 6.45) is 2.89. The average Bonchev–Trinajstić information content (AvgIpc) is 2.93. The topological polar surface area (TPSA) is 73.6 Å². The Balaban J connectivity index is 0.00000264. The zero-order valence-corrected chi connectivity index (χ0v) is 13.6.